The van der Waals surface area contributed by atoms with E-state index in [1.165, 1.54) is 12.1 Å². The van der Waals surface area contributed by atoms with Crippen molar-refractivity contribution in [3.8, 4) is 6.07 Å². The number of nitro benzene ring substituents is 1. The molecule has 0 amide bonds. The van der Waals surface area contributed by atoms with Crippen molar-refractivity contribution < 1.29 is 9.66 Å². The third kappa shape index (κ3) is 3.58. The summed E-state index contributed by atoms with van der Waals surface area (Å²) in [5.74, 6) is 0. The van der Waals surface area contributed by atoms with Crippen molar-refractivity contribution in [1.29, 1.82) is 5.26 Å². The molecule has 0 unspecified atom stereocenters. The molecule has 110 valence electrons. The second kappa shape index (κ2) is 6.37. The Morgan fingerprint density at radius 1 is 1.43 bits per heavy atom. The summed E-state index contributed by atoms with van der Waals surface area (Å²) in [7, 11) is 0. The zero-order chi connectivity index (χ0) is 15.4. The first kappa shape index (κ1) is 15.0. The van der Waals surface area contributed by atoms with Gasteiger partial charge in [-0.15, -0.1) is 0 Å². The Bertz CT molecular complexity index is 597. The molecule has 1 fully saturated rings. The van der Waals surface area contributed by atoms with Gasteiger partial charge >= 0.3 is 0 Å². The highest BCUT2D eigenvalue weighted by Gasteiger charge is 2.27. The molecule has 6 nitrogen and oxygen atoms in total. The van der Waals surface area contributed by atoms with Crippen LogP contribution >= 0.6 is 0 Å². The third-order valence-corrected chi connectivity index (χ3v) is 3.31. The van der Waals surface area contributed by atoms with Gasteiger partial charge in [-0.1, -0.05) is 6.07 Å². The largest absolute Gasteiger partial charge is 0.372 e. The quantitative estimate of drug-likeness (QED) is 0.485. The molecule has 0 aromatic heterocycles. The smallest absolute Gasteiger partial charge is 0.293 e. The van der Waals surface area contributed by atoms with Gasteiger partial charge in [-0.3, -0.25) is 10.1 Å². The number of nitro groups is 1. The zero-order valence-corrected chi connectivity index (χ0v) is 12.0. The number of hydrogen-bond donors (Lipinski definition) is 0. The maximum atomic E-state index is 11.3. The average molecular weight is 287 g/mol. The highest BCUT2D eigenvalue weighted by molar-refractivity contribution is 5.69. The van der Waals surface area contributed by atoms with Crippen LogP contribution in [0.4, 0.5) is 11.4 Å². The fraction of sp³-hybridized carbons (Fsp3) is 0.400. The number of rotatable bonds is 3. The van der Waals surface area contributed by atoms with Crippen LogP contribution in [0.1, 0.15) is 19.4 Å². The lowest BCUT2D eigenvalue weighted by atomic mass is 10.1. The molecule has 1 aromatic rings. The Balaban J connectivity index is 2.36. The second-order valence-electron chi connectivity index (χ2n) is 5.13. The Labute approximate surface area is 123 Å². The summed E-state index contributed by atoms with van der Waals surface area (Å²) in [4.78, 5) is 12.9. The fourth-order valence-corrected chi connectivity index (χ4v) is 2.57. The van der Waals surface area contributed by atoms with Gasteiger partial charge in [-0.05, 0) is 31.6 Å². The predicted molar refractivity (Wildman–Crippen MR) is 80.0 cm³/mol. The van der Waals surface area contributed by atoms with Gasteiger partial charge in [-0.25, -0.2) is 0 Å². The van der Waals surface area contributed by atoms with Gasteiger partial charge in [0.1, 0.15) is 5.69 Å². The molecule has 0 bridgehead atoms. The van der Waals surface area contributed by atoms with Crippen LogP contribution < -0.4 is 4.90 Å². The van der Waals surface area contributed by atoms with Crippen LogP contribution in [0.2, 0.25) is 0 Å². The summed E-state index contributed by atoms with van der Waals surface area (Å²) in [6.45, 7) is 5.16. The third-order valence-electron chi connectivity index (χ3n) is 3.31. The summed E-state index contributed by atoms with van der Waals surface area (Å²) in [6.07, 6.45) is 2.93. The van der Waals surface area contributed by atoms with E-state index >= 15 is 0 Å². The number of ether oxygens (including phenoxy) is 1. The number of benzene rings is 1. The first-order valence-electron chi connectivity index (χ1n) is 6.76. The highest BCUT2D eigenvalue weighted by Crippen LogP contribution is 2.31. The number of nitrogens with zero attached hydrogens (tertiary/aromatic N) is 3. The summed E-state index contributed by atoms with van der Waals surface area (Å²) in [5.41, 5.74) is 1.29. The standard InChI is InChI=1S/C15H17N3O3/c1-11-9-17(10-12(2)21-11)14-6-5-13(4-3-7-16)8-15(14)18(19)20/h3-6,8,11-12H,9-10H2,1-2H3/b4-3+/t11-,12+. The van der Waals surface area contributed by atoms with Crippen molar-refractivity contribution in [2.75, 3.05) is 18.0 Å². The molecule has 2 rings (SSSR count). The molecule has 0 radical (unpaired) electrons. The fourth-order valence-electron chi connectivity index (χ4n) is 2.57. The van der Waals surface area contributed by atoms with Crippen molar-refractivity contribution in [1.82, 2.24) is 0 Å². The van der Waals surface area contributed by atoms with Gasteiger partial charge in [0.15, 0.2) is 0 Å². The van der Waals surface area contributed by atoms with Crippen LogP contribution in [-0.4, -0.2) is 30.2 Å². The number of nitriles is 1. The Morgan fingerprint density at radius 2 is 2.10 bits per heavy atom. The maximum Gasteiger partial charge on any atom is 0.293 e. The number of allylic oxidation sites excluding steroid dienone is 1. The van der Waals surface area contributed by atoms with Gasteiger partial charge in [0.2, 0.25) is 0 Å². The summed E-state index contributed by atoms with van der Waals surface area (Å²) in [5, 5.41) is 19.8. The topological polar surface area (TPSA) is 79.4 Å². The van der Waals surface area contributed by atoms with E-state index in [1.807, 2.05) is 24.8 Å². The molecule has 1 aliphatic rings. The monoisotopic (exact) mass is 287 g/mol. The van der Waals surface area contributed by atoms with E-state index in [4.69, 9.17) is 10.00 Å². The Hall–Kier alpha value is -2.39. The molecule has 1 aromatic carbocycles. The second-order valence-corrected chi connectivity index (χ2v) is 5.13. The highest BCUT2D eigenvalue weighted by atomic mass is 16.6. The van der Waals surface area contributed by atoms with Crippen LogP contribution in [0.3, 0.4) is 0 Å². The first-order chi connectivity index (χ1) is 10.0. The Morgan fingerprint density at radius 3 is 2.67 bits per heavy atom. The lowest BCUT2D eigenvalue weighted by Gasteiger charge is -2.36. The minimum Gasteiger partial charge on any atom is -0.372 e. The average Bonchev–Trinajstić information content (AvgIpc) is 2.43. The molecule has 0 N–H and O–H groups in total. The molecule has 1 aliphatic heterocycles. The molecule has 21 heavy (non-hydrogen) atoms. The van der Waals surface area contributed by atoms with Gasteiger partial charge < -0.3 is 9.64 Å². The molecule has 2 atom stereocenters. The van der Waals surface area contributed by atoms with Crippen molar-refractivity contribution >= 4 is 17.5 Å². The molecule has 1 heterocycles. The van der Waals surface area contributed by atoms with Crippen molar-refractivity contribution in [3.63, 3.8) is 0 Å². The Kier molecular flexibility index (Phi) is 4.55. The van der Waals surface area contributed by atoms with Gasteiger partial charge in [0, 0.05) is 25.2 Å². The maximum absolute atomic E-state index is 11.3. The first-order valence-corrected chi connectivity index (χ1v) is 6.76. The zero-order valence-electron chi connectivity index (χ0n) is 12.0. The van der Waals surface area contributed by atoms with Crippen molar-refractivity contribution in [3.05, 3.63) is 40.0 Å². The molecule has 0 spiro atoms. The van der Waals surface area contributed by atoms with Gasteiger partial charge in [0.25, 0.3) is 5.69 Å². The van der Waals surface area contributed by atoms with Gasteiger partial charge in [-0.2, -0.15) is 5.26 Å². The van der Waals surface area contributed by atoms with E-state index in [2.05, 4.69) is 0 Å². The van der Waals surface area contributed by atoms with E-state index in [-0.39, 0.29) is 22.8 Å². The molecular formula is C15H17N3O3. The minimum absolute atomic E-state index is 0.0338. The summed E-state index contributed by atoms with van der Waals surface area (Å²) < 4.78 is 5.66. The van der Waals surface area contributed by atoms with Crippen LogP contribution in [0.25, 0.3) is 6.08 Å². The number of hydrogen-bond acceptors (Lipinski definition) is 5. The van der Waals surface area contributed by atoms with E-state index in [0.717, 1.165) is 0 Å². The molecule has 0 saturated carbocycles. The summed E-state index contributed by atoms with van der Waals surface area (Å²) >= 11 is 0. The lowest BCUT2D eigenvalue weighted by Crippen LogP contribution is -2.45. The van der Waals surface area contributed by atoms with Crippen LogP contribution in [-0.2, 0) is 4.74 Å². The number of anilines is 1. The minimum atomic E-state index is -0.385. The van der Waals surface area contributed by atoms with Crippen LogP contribution in [0.5, 0.6) is 0 Å². The molecule has 0 aliphatic carbocycles. The predicted octanol–water partition coefficient (Wildman–Crippen LogP) is 2.75. The van der Waals surface area contributed by atoms with E-state index < -0.39 is 0 Å². The van der Waals surface area contributed by atoms with Gasteiger partial charge in [0.05, 0.1) is 23.2 Å². The normalized spacial score (nSPS) is 22.2. The molecule has 6 heteroatoms. The number of morpholine rings is 1. The molecule has 1 saturated heterocycles. The van der Waals surface area contributed by atoms with Crippen molar-refractivity contribution in [2.24, 2.45) is 0 Å². The van der Waals surface area contributed by atoms with E-state index in [1.54, 1.807) is 18.2 Å². The molecular weight excluding hydrogens is 270 g/mol. The summed E-state index contributed by atoms with van der Waals surface area (Å²) in [6, 6.07) is 6.89. The van der Waals surface area contributed by atoms with Crippen LogP contribution in [0.15, 0.2) is 24.3 Å². The van der Waals surface area contributed by atoms with E-state index in [9.17, 15) is 10.1 Å². The SMILES string of the molecule is C[C@@H]1CN(c2ccc(/C=C/C#N)cc2[N+](=O)[O-])C[C@H](C)O1. The van der Waals surface area contributed by atoms with Crippen LogP contribution in [0, 0.1) is 21.4 Å². The van der Waals surface area contributed by atoms with E-state index in [0.29, 0.717) is 24.3 Å². The van der Waals surface area contributed by atoms with Crippen molar-refractivity contribution in [2.45, 2.75) is 26.1 Å². The lowest BCUT2D eigenvalue weighted by molar-refractivity contribution is -0.384.